The molecule has 0 saturated heterocycles. The van der Waals surface area contributed by atoms with Crippen molar-refractivity contribution in [2.45, 2.75) is 11.8 Å². The first-order valence-electron chi connectivity index (χ1n) is 4.60. The van der Waals surface area contributed by atoms with E-state index in [-0.39, 0.29) is 0 Å². The van der Waals surface area contributed by atoms with Crippen LogP contribution < -0.4 is 4.52 Å². The Labute approximate surface area is 105 Å². The van der Waals surface area contributed by atoms with E-state index in [1.807, 2.05) is 25.3 Å². The smallest absolute Gasteiger partial charge is 0.417 e. The van der Waals surface area contributed by atoms with Gasteiger partial charge >= 0.3 is 6.80 Å². The monoisotopic (exact) mass is 278 g/mol. The van der Waals surface area contributed by atoms with Crippen LogP contribution in [0.25, 0.3) is 0 Å². The zero-order valence-corrected chi connectivity index (χ0v) is 12.2. The fourth-order valence-corrected chi connectivity index (χ4v) is 3.37. The summed E-state index contributed by atoms with van der Waals surface area (Å²) in [6.07, 6.45) is 3.72. The molecule has 1 atom stereocenters. The number of hydrogen-bond donors (Lipinski definition) is 0. The van der Waals surface area contributed by atoms with Gasteiger partial charge in [-0.2, -0.15) is 0 Å². The fraction of sp³-hybridized carbons (Fsp3) is 0.400. The lowest BCUT2D eigenvalue weighted by atomic mass is 10.2. The van der Waals surface area contributed by atoms with Crippen molar-refractivity contribution in [1.82, 2.24) is 0 Å². The van der Waals surface area contributed by atoms with Crippen molar-refractivity contribution in [2.75, 3.05) is 19.6 Å². The van der Waals surface area contributed by atoms with E-state index < -0.39 is 6.80 Å². The molecule has 0 amide bonds. The Morgan fingerprint density at radius 1 is 1.31 bits per heavy atom. The molecule has 1 unspecified atom stereocenters. The minimum atomic E-state index is -3.04. The van der Waals surface area contributed by atoms with Crippen LogP contribution in [-0.2, 0) is 9.09 Å². The van der Waals surface area contributed by atoms with E-state index in [9.17, 15) is 4.57 Å². The molecule has 0 heterocycles. The number of rotatable bonds is 5. The third-order valence-corrected chi connectivity index (χ3v) is 6.27. The molecule has 1 rings (SSSR count). The largest absolute Gasteiger partial charge is 0.439 e. The lowest BCUT2D eigenvalue weighted by Gasteiger charge is -2.15. The highest BCUT2D eigenvalue weighted by Gasteiger charge is 2.23. The van der Waals surface area contributed by atoms with Gasteiger partial charge in [0.1, 0.15) is 5.75 Å². The van der Waals surface area contributed by atoms with Crippen LogP contribution in [-0.4, -0.2) is 19.6 Å². The highest BCUT2D eigenvalue weighted by Crippen LogP contribution is 2.58. The van der Waals surface area contributed by atoms with Gasteiger partial charge < -0.3 is 4.52 Å². The average molecular weight is 278 g/mol. The average Bonchev–Trinajstić information content (AvgIpc) is 2.29. The summed E-state index contributed by atoms with van der Waals surface area (Å²) in [5.41, 5.74) is 1.11. The summed E-state index contributed by atoms with van der Waals surface area (Å²) in [7, 11) is 1.39. The molecule has 90 valence electrons. The summed E-state index contributed by atoms with van der Waals surface area (Å²) in [6, 6.07) is 5.63. The van der Waals surface area contributed by atoms with E-state index in [1.54, 1.807) is 24.1 Å². The van der Waals surface area contributed by atoms with Crippen LogP contribution >= 0.6 is 29.9 Å². The van der Waals surface area contributed by atoms with Gasteiger partial charge in [-0.1, -0.05) is 0 Å². The molecule has 1 aromatic carbocycles. The van der Waals surface area contributed by atoms with E-state index in [1.165, 1.54) is 12.0 Å². The van der Waals surface area contributed by atoms with Crippen molar-refractivity contribution in [3.8, 4) is 5.75 Å². The molecule has 0 aliphatic carbocycles. The molecule has 0 aromatic heterocycles. The molecule has 16 heavy (non-hydrogen) atoms. The Kier molecular flexibility index (Phi) is 5.25. The van der Waals surface area contributed by atoms with Crippen molar-refractivity contribution in [3.05, 3.63) is 23.8 Å². The molecule has 0 radical (unpaired) electrons. The van der Waals surface area contributed by atoms with Gasteiger partial charge in [-0.25, -0.2) is 4.57 Å². The maximum Gasteiger partial charge on any atom is 0.439 e. The standard InChI is InChI=1S/C10H15O3PS2/c1-8-7-9(5-6-10(8)15-3)13-14(11,12-2)16-4/h5-7H,1-4H3. The fourth-order valence-electron chi connectivity index (χ4n) is 1.19. The van der Waals surface area contributed by atoms with Crippen LogP contribution in [0.2, 0.25) is 0 Å². The molecule has 1 aromatic rings. The zero-order valence-electron chi connectivity index (χ0n) is 9.72. The van der Waals surface area contributed by atoms with E-state index in [4.69, 9.17) is 9.05 Å². The lowest BCUT2D eigenvalue weighted by Crippen LogP contribution is -1.92. The molecule has 0 bridgehead atoms. The quantitative estimate of drug-likeness (QED) is 0.595. The summed E-state index contributed by atoms with van der Waals surface area (Å²) in [5.74, 6) is 0.579. The number of hydrogen-bond acceptors (Lipinski definition) is 5. The van der Waals surface area contributed by atoms with Gasteiger partial charge in [-0.15, -0.1) is 11.8 Å². The molecular formula is C10H15O3PS2. The highest BCUT2D eigenvalue weighted by molar-refractivity contribution is 8.54. The number of aryl methyl sites for hydroxylation is 1. The molecule has 0 spiro atoms. The highest BCUT2D eigenvalue weighted by atomic mass is 32.7. The van der Waals surface area contributed by atoms with Gasteiger partial charge in [0.2, 0.25) is 0 Å². The van der Waals surface area contributed by atoms with Crippen molar-refractivity contribution >= 4 is 29.9 Å². The van der Waals surface area contributed by atoms with Crippen LogP contribution in [0.1, 0.15) is 5.56 Å². The van der Waals surface area contributed by atoms with Crippen molar-refractivity contribution in [3.63, 3.8) is 0 Å². The van der Waals surface area contributed by atoms with Crippen molar-refractivity contribution in [2.24, 2.45) is 0 Å². The molecule has 0 fully saturated rings. The van der Waals surface area contributed by atoms with E-state index in [2.05, 4.69) is 0 Å². The second kappa shape index (κ2) is 6.01. The minimum absolute atomic E-state index is 0.579. The normalized spacial score (nSPS) is 14.5. The second-order valence-electron chi connectivity index (χ2n) is 3.04. The molecule has 6 heteroatoms. The molecule has 0 saturated carbocycles. The minimum Gasteiger partial charge on any atom is -0.417 e. The topological polar surface area (TPSA) is 35.5 Å². The summed E-state index contributed by atoms with van der Waals surface area (Å²) in [5, 5.41) is 0. The van der Waals surface area contributed by atoms with Crippen molar-refractivity contribution < 1.29 is 13.6 Å². The van der Waals surface area contributed by atoms with Gasteiger partial charge in [0.05, 0.1) is 0 Å². The SMILES string of the molecule is COP(=O)(Oc1ccc(SC)c(C)c1)SC. The molecular weight excluding hydrogens is 263 g/mol. The first kappa shape index (κ1) is 14.0. The molecule has 0 aliphatic heterocycles. The van der Waals surface area contributed by atoms with Crippen LogP contribution in [0.4, 0.5) is 0 Å². The maximum atomic E-state index is 11.9. The Bertz CT molecular complexity index is 401. The van der Waals surface area contributed by atoms with Crippen LogP contribution in [0.15, 0.2) is 23.1 Å². The predicted molar refractivity (Wildman–Crippen MR) is 71.7 cm³/mol. The van der Waals surface area contributed by atoms with Crippen LogP contribution in [0.3, 0.4) is 0 Å². The van der Waals surface area contributed by atoms with E-state index in [0.29, 0.717) is 5.75 Å². The van der Waals surface area contributed by atoms with Crippen LogP contribution in [0.5, 0.6) is 5.75 Å². The Hall–Kier alpha value is -0.0900. The Morgan fingerprint density at radius 2 is 2.00 bits per heavy atom. The summed E-state index contributed by atoms with van der Waals surface area (Å²) in [6.45, 7) is -1.04. The summed E-state index contributed by atoms with van der Waals surface area (Å²) < 4.78 is 22.1. The Morgan fingerprint density at radius 3 is 2.44 bits per heavy atom. The predicted octanol–water partition coefficient (Wildman–Crippen LogP) is 4.21. The third kappa shape index (κ3) is 3.45. The molecule has 0 aliphatic rings. The van der Waals surface area contributed by atoms with Gasteiger partial charge in [-0.3, -0.25) is 4.52 Å². The van der Waals surface area contributed by atoms with E-state index >= 15 is 0 Å². The van der Waals surface area contributed by atoms with Gasteiger partial charge in [0.15, 0.2) is 0 Å². The molecule has 3 nitrogen and oxygen atoms in total. The first-order chi connectivity index (χ1) is 7.54. The van der Waals surface area contributed by atoms with Gasteiger partial charge in [-0.05, 0) is 54.6 Å². The van der Waals surface area contributed by atoms with Crippen molar-refractivity contribution in [1.29, 1.82) is 0 Å². The van der Waals surface area contributed by atoms with Crippen LogP contribution in [0, 0.1) is 6.92 Å². The van der Waals surface area contributed by atoms with E-state index in [0.717, 1.165) is 16.9 Å². The second-order valence-corrected chi connectivity index (χ2v) is 8.13. The van der Waals surface area contributed by atoms with Gasteiger partial charge in [0, 0.05) is 12.0 Å². The summed E-state index contributed by atoms with van der Waals surface area (Å²) in [4.78, 5) is 1.18. The number of thioether (sulfide) groups is 1. The Balaban J connectivity index is 2.91. The summed E-state index contributed by atoms with van der Waals surface area (Å²) >= 11 is 2.76. The van der Waals surface area contributed by atoms with Gasteiger partial charge in [0.25, 0.3) is 0 Å². The lowest BCUT2D eigenvalue weighted by molar-refractivity contribution is 0.342. The molecule has 0 N–H and O–H groups in total. The zero-order chi connectivity index (χ0) is 12.2. The third-order valence-electron chi connectivity index (χ3n) is 2.03. The maximum absolute atomic E-state index is 11.9. The first-order valence-corrected chi connectivity index (χ1v) is 9.20. The number of benzene rings is 1.